The average Bonchev–Trinajstić information content (AvgIpc) is 0.935. The number of carboxylic acids is 1. The smallest absolute Gasteiger partial charge is 0.361 e. The minimum Gasteiger partial charge on any atom is -0.477 e. The number of carbonyl (C=O) groups is 3. The summed E-state index contributed by atoms with van der Waals surface area (Å²) in [5.74, 6) is -1.96. The van der Waals surface area contributed by atoms with Crippen molar-refractivity contribution in [3.63, 3.8) is 0 Å². The molecule has 9 heteroatoms. The Labute approximate surface area is 663 Å². The lowest BCUT2D eigenvalue weighted by atomic mass is 10.0. The van der Waals surface area contributed by atoms with E-state index in [-0.39, 0.29) is 38.2 Å². The molecule has 630 valence electrons. The summed E-state index contributed by atoms with van der Waals surface area (Å²) in [6.07, 6.45) is 112. The number of unbranched alkanes of at least 4 members (excludes halogenated alkanes) is 76. The monoisotopic (exact) mass is 1500 g/mol. The van der Waals surface area contributed by atoms with Crippen molar-refractivity contribution in [1.29, 1.82) is 0 Å². The Morgan fingerprint density at radius 3 is 0.698 bits per heavy atom. The molecule has 0 aliphatic carbocycles. The van der Waals surface area contributed by atoms with E-state index in [9.17, 15) is 19.5 Å². The molecule has 0 heterocycles. The molecule has 0 aliphatic rings. The van der Waals surface area contributed by atoms with Crippen LogP contribution in [0, 0.1) is 0 Å². The van der Waals surface area contributed by atoms with E-state index in [1.54, 1.807) is 0 Å². The molecule has 0 radical (unpaired) electrons. The van der Waals surface area contributed by atoms with E-state index in [4.69, 9.17) is 18.9 Å². The molecule has 0 saturated carbocycles. The molecular formula is C97H190NO8+. The second kappa shape index (κ2) is 88.6. The number of quaternary nitrogens is 1. The molecule has 2 unspecified atom stereocenters. The van der Waals surface area contributed by atoms with Gasteiger partial charge >= 0.3 is 17.9 Å². The fourth-order valence-electron chi connectivity index (χ4n) is 15.4. The van der Waals surface area contributed by atoms with E-state index in [2.05, 4.69) is 26.0 Å². The maximum Gasteiger partial charge on any atom is 0.361 e. The van der Waals surface area contributed by atoms with Crippen LogP contribution >= 0.6 is 0 Å². The predicted octanol–water partition coefficient (Wildman–Crippen LogP) is 31.8. The molecule has 0 aromatic rings. The van der Waals surface area contributed by atoms with E-state index in [0.29, 0.717) is 17.4 Å². The van der Waals surface area contributed by atoms with Gasteiger partial charge in [-0.3, -0.25) is 9.59 Å². The van der Waals surface area contributed by atoms with Crippen molar-refractivity contribution in [1.82, 2.24) is 0 Å². The number of carboxylic acid groups (broad SMARTS) is 1. The van der Waals surface area contributed by atoms with E-state index < -0.39 is 18.4 Å². The third kappa shape index (κ3) is 89.2. The number of carbonyl (C=O) groups excluding carboxylic acids is 2. The van der Waals surface area contributed by atoms with Gasteiger partial charge < -0.3 is 28.5 Å². The molecule has 0 aliphatic heterocycles. The van der Waals surface area contributed by atoms with E-state index >= 15 is 0 Å². The van der Waals surface area contributed by atoms with Gasteiger partial charge in [-0.1, -0.05) is 495 Å². The second-order valence-corrected chi connectivity index (χ2v) is 34.7. The molecule has 2 atom stereocenters. The summed E-state index contributed by atoms with van der Waals surface area (Å²) in [7, 11) is 6.01. The normalized spacial score (nSPS) is 12.5. The minimum absolute atomic E-state index is 0.172. The van der Waals surface area contributed by atoms with Crippen LogP contribution in [-0.4, -0.2) is 87.4 Å². The van der Waals surface area contributed by atoms with Crippen molar-refractivity contribution in [3.8, 4) is 0 Å². The highest BCUT2D eigenvalue weighted by molar-refractivity contribution is 5.71. The van der Waals surface area contributed by atoms with Gasteiger partial charge in [0, 0.05) is 12.8 Å². The molecule has 9 nitrogen and oxygen atoms in total. The van der Waals surface area contributed by atoms with E-state index in [1.165, 1.54) is 469 Å². The first-order valence-electron chi connectivity index (χ1n) is 48.4. The van der Waals surface area contributed by atoms with Crippen LogP contribution in [-0.2, 0) is 33.3 Å². The zero-order chi connectivity index (χ0) is 76.7. The van der Waals surface area contributed by atoms with Crippen molar-refractivity contribution >= 4 is 17.9 Å². The molecule has 0 fully saturated rings. The van der Waals surface area contributed by atoms with Crippen LogP contribution in [0.25, 0.3) is 0 Å². The van der Waals surface area contributed by atoms with Crippen LogP contribution in [0.3, 0.4) is 0 Å². The van der Waals surface area contributed by atoms with Crippen LogP contribution in [0.2, 0.25) is 0 Å². The zero-order valence-electron chi connectivity index (χ0n) is 72.7. The van der Waals surface area contributed by atoms with Crippen LogP contribution in [0.1, 0.15) is 534 Å². The van der Waals surface area contributed by atoms with Crippen LogP contribution in [0.15, 0.2) is 12.2 Å². The molecule has 0 amide bonds. The number of esters is 2. The van der Waals surface area contributed by atoms with Crippen LogP contribution in [0.4, 0.5) is 0 Å². The number of ether oxygens (including phenoxy) is 4. The van der Waals surface area contributed by atoms with Gasteiger partial charge in [0.2, 0.25) is 0 Å². The predicted molar refractivity (Wildman–Crippen MR) is 462 cm³/mol. The third-order valence-electron chi connectivity index (χ3n) is 22.8. The van der Waals surface area contributed by atoms with Gasteiger partial charge in [-0.2, -0.15) is 0 Å². The van der Waals surface area contributed by atoms with E-state index in [0.717, 1.165) is 38.5 Å². The van der Waals surface area contributed by atoms with Crippen molar-refractivity contribution < 1.29 is 42.9 Å². The van der Waals surface area contributed by atoms with Crippen molar-refractivity contribution in [2.75, 3.05) is 47.5 Å². The summed E-state index contributed by atoms with van der Waals surface area (Å²) >= 11 is 0. The molecule has 0 spiro atoms. The van der Waals surface area contributed by atoms with Gasteiger partial charge in [0.05, 0.1) is 34.4 Å². The van der Waals surface area contributed by atoms with Gasteiger partial charge in [-0.25, -0.2) is 4.79 Å². The Kier molecular flexibility index (Phi) is 86.9. The van der Waals surface area contributed by atoms with Gasteiger partial charge in [0.25, 0.3) is 6.29 Å². The molecule has 106 heavy (non-hydrogen) atoms. The van der Waals surface area contributed by atoms with Gasteiger partial charge in [0.15, 0.2) is 6.10 Å². The molecule has 0 bridgehead atoms. The standard InChI is InChI=1S/C97H189NO8/c1-6-8-10-12-14-16-18-20-22-24-26-28-30-32-34-36-38-40-42-44-46-48-50-52-54-56-58-60-62-64-66-68-70-72-74-76-78-80-82-84-86-88-95(100)106-93(92-105-97(96(101)102)103-90-89-98(3,4)5)91-104-94(99)87-85-83-81-79-77-75-73-71-69-67-65-63-61-59-57-55-53-51-49-47-45-43-41-39-37-35-33-31-29-27-25-23-21-19-17-15-13-11-9-7-2/h24,26,93,97H,6-23,25,27-92H2,1-5H3/p+1/b26-24-. The number of hydrogen-bond donors (Lipinski definition) is 1. The quantitative estimate of drug-likeness (QED) is 0.0211. The van der Waals surface area contributed by atoms with Crippen LogP contribution < -0.4 is 0 Å². The molecule has 1 N–H and O–H groups in total. The Morgan fingerprint density at radius 2 is 0.481 bits per heavy atom. The summed E-state index contributed by atoms with van der Waals surface area (Å²) in [5.41, 5.74) is 0. The summed E-state index contributed by atoms with van der Waals surface area (Å²) in [5, 5.41) is 9.80. The highest BCUT2D eigenvalue weighted by Crippen LogP contribution is 2.22. The first-order valence-corrected chi connectivity index (χ1v) is 48.4. The lowest BCUT2D eigenvalue weighted by Gasteiger charge is -2.25. The lowest BCUT2D eigenvalue weighted by molar-refractivity contribution is -0.870. The maximum atomic E-state index is 13.0. The third-order valence-corrected chi connectivity index (χ3v) is 22.8. The molecule has 0 saturated heterocycles. The number of aliphatic carboxylic acids is 1. The first kappa shape index (κ1) is 104. The van der Waals surface area contributed by atoms with Crippen molar-refractivity contribution in [2.45, 2.75) is 546 Å². The average molecular weight is 1500 g/mol. The number of likely N-dealkylation sites (N-methyl/N-ethyl adjacent to an activating group) is 1. The topological polar surface area (TPSA) is 108 Å². The summed E-state index contributed by atoms with van der Waals surface area (Å²) in [6, 6.07) is 0. The Bertz CT molecular complexity index is 1750. The Hall–Kier alpha value is -1.97. The highest BCUT2D eigenvalue weighted by atomic mass is 16.7. The van der Waals surface area contributed by atoms with Crippen molar-refractivity contribution in [3.05, 3.63) is 12.2 Å². The highest BCUT2D eigenvalue weighted by Gasteiger charge is 2.25. The summed E-state index contributed by atoms with van der Waals surface area (Å²) in [4.78, 5) is 37.9. The maximum absolute atomic E-state index is 13.0. The van der Waals surface area contributed by atoms with E-state index in [1.807, 2.05) is 21.1 Å². The molecule has 0 rings (SSSR count). The number of rotatable bonds is 93. The number of allylic oxidation sites excluding steroid dienone is 2. The Balaban J connectivity index is 3.83. The van der Waals surface area contributed by atoms with Gasteiger partial charge in [0.1, 0.15) is 13.2 Å². The van der Waals surface area contributed by atoms with Gasteiger partial charge in [-0.15, -0.1) is 0 Å². The number of hydrogen-bond acceptors (Lipinski definition) is 7. The molecular weight excluding hydrogens is 1310 g/mol. The van der Waals surface area contributed by atoms with Crippen molar-refractivity contribution in [2.24, 2.45) is 0 Å². The number of nitrogens with zero attached hydrogens (tertiary/aromatic N) is 1. The second-order valence-electron chi connectivity index (χ2n) is 34.7. The largest absolute Gasteiger partial charge is 0.477 e. The fourth-order valence-corrected chi connectivity index (χ4v) is 15.4. The lowest BCUT2D eigenvalue weighted by Crippen LogP contribution is -2.40. The summed E-state index contributed by atoms with van der Waals surface area (Å²) in [6.45, 7) is 4.99. The minimum atomic E-state index is -1.51. The summed E-state index contributed by atoms with van der Waals surface area (Å²) < 4.78 is 23.1. The van der Waals surface area contributed by atoms with Gasteiger partial charge in [-0.05, 0) is 38.5 Å². The molecule has 0 aromatic carbocycles. The zero-order valence-corrected chi connectivity index (χ0v) is 72.7. The fraction of sp³-hybridized carbons (Fsp3) is 0.948. The van der Waals surface area contributed by atoms with Crippen LogP contribution in [0.5, 0.6) is 0 Å². The first-order chi connectivity index (χ1) is 52.1. The SMILES string of the molecule is CCCCCCCCCC/C=C\CCCCCCCCCCCCCCCCCCCCCCCCCCCCCCCC(=O)OC(COC(=O)CCCCCCCCCCCCCCCCCCCCCCCCCCCCCCCCCCCCCCCCCC)COC(OCC[N+](C)(C)C)C(=O)O. The molecule has 0 aromatic heterocycles. The Morgan fingerprint density at radius 1 is 0.274 bits per heavy atom.